The number of unbranched alkanes of at least 4 members (excludes halogenated alkanes) is 2. The molecule has 0 saturated carbocycles. The molecule has 0 fully saturated rings. The second kappa shape index (κ2) is 6.07. The lowest BCUT2D eigenvalue weighted by Gasteiger charge is -2.09. The molecule has 1 aliphatic rings. The molecule has 1 N–H and O–H groups in total. The lowest BCUT2D eigenvalue weighted by Crippen LogP contribution is -2.07. The zero-order valence-corrected chi connectivity index (χ0v) is 10.5. The first kappa shape index (κ1) is 12.5. The Morgan fingerprint density at radius 2 is 2.28 bits per heavy atom. The normalized spacial score (nSPS) is 12.6. The van der Waals surface area contributed by atoms with Crippen LogP contribution < -0.4 is 5.32 Å². The Labute approximate surface area is 108 Å². The second-order valence-corrected chi connectivity index (χ2v) is 4.54. The van der Waals surface area contributed by atoms with Crippen molar-refractivity contribution >= 4 is 5.82 Å². The SMILES string of the molecule is C#CCCCCNc1nc2c(cc1C#N)CCC2. The average molecular weight is 239 g/mol. The van der Waals surface area contributed by atoms with E-state index in [2.05, 4.69) is 22.3 Å². The first-order chi connectivity index (χ1) is 8.85. The van der Waals surface area contributed by atoms with E-state index in [1.54, 1.807) is 0 Å². The van der Waals surface area contributed by atoms with Crippen LogP contribution in [0.3, 0.4) is 0 Å². The first-order valence-electron chi connectivity index (χ1n) is 6.45. The number of nitrogens with one attached hydrogen (secondary N) is 1. The maximum absolute atomic E-state index is 9.13. The van der Waals surface area contributed by atoms with Gasteiger partial charge in [0.2, 0.25) is 0 Å². The van der Waals surface area contributed by atoms with Gasteiger partial charge in [-0.1, -0.05) is 0 Å². The highest BCUT2D eigenvalue weighted by atomic mass is 15.0. The number of terminal acetylenes is 1. The van der Waals surface area contributed by atoms with Crippen molar-refractivity contribution in [3.05, 3.63) is 22.9 Å². The van der Waals surface area contributed by atoms with Gasteiger partial charge in [0.15, 0.2) is 0 Å². The largest absolute Gasteiger partial charge is 0.369 e. The van der Waals surface area contributed by atoms with Gasteiger partial charge in [-0.3, -0.25) is 0 Å². The van der Waals surface area contributed by atoms with Crippen molar-refractivity contribution in [1.82, 2.24) is 4.98 Å². The molecule has 2 rings (SSSR count). The summed E-state index contributed by atoms with van der Waals surface area (Å²) in [5.74, 6) is 3.36. The number of hydrogen-bond donors (Lipinski definition) is 1. The summed E-state index contributed by atoms with van der Waals surface area (Å²) in [6.07, 6.45) is 11.3. The molecular formula is C15H17N3. The van der Waals surface area contributed by atoms with Gasteiger partial charge in [-0.15, -0.1) is 12.3 Å². The van der Waals surface area contributed by atoms with E-state index in [1.807, 2.05) is 6.07 Å². The highest BCUT2D eigenvalue weighted by Gasteiger charge is 2.15. The van der Waals surface area contributed by atoms with Crippen LogP contribution in [0.25, 0.3) is 0 Å². The van der Waals surface area contributed by atoms with Crippen LogP contribution in [-0.4, -0.2) is 11.5 Å². The number of aromatic nitrogens is 1. The molecule has 0 aliphatic heterocycles. The second-order valence-electron chi connectivity index (χ2n) is 4.54. The minimum Gasteiger partial charge on any atom is -0.369 e. The van der Waals surface area contributed by atoms with E-state index in [1.165, 1.54) is 5.56 Å². The molecule has 0 amide bonds. The molecule has 1 heterocycles. The minimum absolute atomic E-state index is 0.660. The molecule has 0 unspecified atom stereocenters. The molecule has 0 spiro atoms. The smallest absolute Gasteiger partial charge is 0.144 e. The van der Waals surface area contributed by atoms with Gasteiger partial charge in [0.25, 0.3) is 0 Å². The summed E-state index contributed by atoms with van der Waals surface area (Å²) in [6, 6.07) is 4.21. The topological polar surface area (TPSA) is 48.7 Å². The van der Waals surface area contributed by atoms with E-state index in [-0.39, 0.29) is 0 Å². The van der Waals surface area contributed by atoms with Crippen LogP contribution in [0.5, 0.6) is 0 Å². The van der Waals surface area contributed by atoms with Crippen molar-refractivity contribution in [2.75, 3.05) is 11.9 Å². The third kappa shape index (κ3) is 2.81. The number of rotatable bonds is 5. The lowest BCUT2D eigenvalue weighted by molar-refractivity contribution is 0.786. The number of nitrogens with zero attached hydrogens (tertiary/aromatic N) is 2. The first-order valence-corrected chi connectivity index (χ1v) is 6.45. The lowest BCUT2D eigenvalue weighted by atomic mass is 10.1. The average Bonchev–Trinajstić information content (AvgIpc) is 2.84. The van der Waals surface area contributed by atoms with Gasteiger partial charge in [0, 0.05) is 18.7 Å². The molecule has 1 aromatic heterocycles. The third-order valence-electron chi connectivity index (χ3n) is 3.21. The molecule has 0 bridgehead atoms. The van der Waals surface area contributed by atoms with E-state index < -0.39 is 0 Å². The fourth-order valence-electron chi connectivity index (χ4n) is 2.25. The number of nitriles is 1. The number of hydrogen-bond acceptors (Lipinski definition) is 3. The van der Waals surface area contributed by atoms with Gasteiger partial charge in [-0.05, 0) is 43.7 Å². The summed E-state index contributed by atoms with van der Waals surface area (Å²) in [6.45, 7) is 0.822. The predicted octanol–water partition coefficient (Wildman–Crippen LogP) is 2.66. The van der Waals surface area contributed by atoms with Crippen LogP contribution >= 0.6 is 0 Å². The van der Waals surface area contributed by atoms with Crippen LogP contribution in [0.4, 0.5) is 5.82 Å². The summed E-state index contributed by atoms with van der Waals surface area (Å²) in [5, 5.41) is 12.4. The summed E-state index contributed by atoms with van der Waals surface area (Å²) in [5.41, 5.74) is 3.05. The molecule has 1 aliphatic carbocycles. The van der Waals surface area contributed by atoms with Crippen molar-refractivity contribution in [3.63, 3.8) is 0 Å². The van der Waals surface area contributed by atoms with Crippen LogP contribution in [0, 0.1) is 23.7 Å². The molecule has 92 valence electrons. The van der Waals surface area contributed by atoms with Crippen molar-refractivity contribution in [2.45, 2.75) is 38.5 Å². The summed E-state index contributed by atoms with van der Waals surface area (Å²) < 4.78 is 0. The predicted molar refractivity (Wildman–Crippen MR) is 72.2 cm³/mol. The van der Waals surface area contributed by atoms with Gasteiger partial charge in [-0.25, -0.2) is 4.98 Å². The van der Waals surface area contributed by atoms with Gasteiger partial charge in [0.05, 0.1) is 5.56 Å². The quantitative estimate of drug-likeness (QED) is 0.634. The van der Waals surface area contributed by atoms with Crippen molar-refractivity contribution in [1.29, 1.82) is 5.26 Å². The zero-order chi connectivity index (χ0) is 12.8. The third-order valence-corrected chi connectivity index (χ3v) is 3.21. The summed E-state index contributed by atoms with van der Waals surface area (Å²) in [7, 11) is 0. The molecular weight excluding hydrogens is 222 g/mol. The Morgan fingerprint density at radius 1 is 1.39 bits per heavy atom. The van der Waals surface area contributed by atoms with Crippen LogP contribution in [0.1, 0.15) is 42.5 Å². The Balaban J connectivity index is 2.00. The summed E-state index contributed by atoms with van der Waals surface area (Å²) in [4.78, 5) is 4.57. The molecule has 18 heavy (non-hydrogen) atoms. The number of aryl methyl sites for hydroxylation is 2. The number of fused-ring (bicyclic) bond motifs is 1. The minimum atomic E-state index is 0.660. The molecule has 3 nitrogen and oxygen atoms in total. The standard InChI is InChI=1S/C15H17N3/c1-2-3-4-5-9-17-15-13(11-16)10-12-7-6-8-14(12)18-15/h1,10H,3-9H2,(H,17,18). The van der Waals surface area contributed by atoms with Gasteiger partial charge >= 0.3 is 0 Å². The highest BCUT2D eigenvalue weighted by molar-refractivity contribution is 5.55. The van der Waals surface area contributed by atoms with Crippen molar-refractivity contribution in [3.8, 4) is 18.4 Å². The zero-order valence-electron chi connectivity index (χ0n) is 10.5. The van der Waals surface area contributed by atoms with E-state index >= 15 is 0 Å². The van der Waals surface area contributed by atoms with E-state index in [4.69, 9.17) is 11.7 Å². The van der Waals surface area contributed by atoms with Crippen molar-refractivity contribution in [2.24, 2.45) is 0 Å². The van der Waals surface area contributed by atoms with Gasteiger partial charge in [-0.2, -0.15) is 5.26 Å². The Bertz CT molecular complexity index is 506. The monoisotopic (exact) mass is 239 g/mol. The molecule has 0 atom stereocenters. The number of pyridine rings is 1. The number of anilines is 1. The Morgan fingerprint density at radius 3 is 3.06 bits per heavy atom. The van der Waals surface area contributed by atoms with Crippen LogP contribution in [0.15, 0.2) is 6.07 Å². The van der Waals surface area contributed by atoms with Gasteiger partial charge < -0.3 is 5.32 Å². The van der Waals surface area contributed by atoms with Crippen molar-refractivity contribution < 1.29 is 0 Å². The molecule has 3 heteroatoms. The molecule has 0 aromatic carbocycles. The summed E-state index contributed by atoms with van der Waals surface area (Å²) >= 11 is 0. The Kier molecular flexibility index (Phi) is 4.20. The Hall–Kier alpha value is -2.00. The fourth-order valence-corrected chi connectivity index (χ4v) is 2.25. The highest BCUT2D eigenvalue weighted by Crippen LogP contribution is 2.24. The molecule has 0 saturated heterocycles. The molecule has 1 aromatic rings. The van der Waals surface area contributed by atoms with E-state index in [9.17, 15) is 0 Å². The maximum Gasteiger partial charge on any atom is 0.144 e. The maximum atomic E-state index is 9.13. The van der Waals surface area contributed by atoms with Crippen LogP contribution in [0.2, 0.25) is 0 Å². The fraction of sp³-hybridized carbons (Fsp3) is 0.467. The van der Waals surface area contributed by atoms with E-state index in [0.717, 1.165) is 56.6 Å². The van der Waals surface area contributed by atoms with E-state index in [0.29, 0.717) is 5.56 Å². The van der Waals surface area contributed by atoms with Crippen LogP contribution in [-0.2, 0) is 12.8 Å². The molecule has 0 radical (unpaired) electrons. The van der Waals surface area contributed by atoms with Gasteiger partial charge in [0.1, 0.15) is 11.9 Å².